The molecular formula is C23H22ClNO3. The Morgan fingerprint density at radius 1 is 0.929 bits per heavy atom. The van der Waals surface area contributed by atoms with E-state index in [-0.39, 0.29) is 17.8 Å². The Kier molecular flexibility index (Phi) is 5.90. The molecule has 0 bridgehead atoms. The van der Waals surface area contributed by atoms with Gasteiger partial charge in [-0.25, -0.2) is 4.79 Å². The first kappa shape index (κ1) is 19.8. The predicted molar refractivity (Wildman–Crippen MR) is 112 cm³/mol. The highest BCUT2D eigenvalue weighted by Gasteiger charge is 2.23. The number of rotatable bonds is 5. The van der Waals surface area contributed by atoms with Crippen molar-refractivity contribution < 1.29 is 14.6 Å². The van der Waals surface area contributed by atoms with Crippen LogP contribution in [0.15, 0.2) is 72.8 Å². The van der Waals surface area contributed by atoms with Gasteiger partial charge in [0.2, 0.25) is 0 Å². The van der Waals surface area contributed by atoms with E-state index in [0.717, 1.165) is 16.7 Å². The number of hydrogen-bond acceptors (Lipinski definition) is 3. The van der Waals surface area contributed by atoms with Crippen LogP contribution in [0.4, 0.5) is 10.5 Å². The molecule has 0 spiro atoms. The number of phenols is 1. The Balaban J connectivity index is 1.61. The summed E-state index contributed by atoms with van der Waals surface area (Å²) in [5, 5.41) is 12.9. The minimum Gasteiger partial charge on any atom is -0.508 e. The molecule has 0 saturated heterocycles. The molecule has 4 nitrogen and oxygen atoms in total. The van der Waals surface area contributed by atoms with Gasteiger partial charge >= 0.3 is 6.09 Å². The second-order valence-electron chi connectivity index (χ2n) is 7.08. The van der Waals surface area contributed by atoms with Crippen LogP contribution < -0.4 is 5.32 Å². The molecular weight excluding hydrogens is 374 g/mol. The van der Waals surface area contributed by atoms with E-state index >= 15 is 0 Å². The normalized spacial score (nSPS) is 11.1. The second kappa shape index (κ2) is 8.36. The van der Waals surface area contributed by atoms with Crippen LogP contribution in [-0.2, 0) is 16.8 Å². The predicted octanol–water partition coefficient (Wildman–Crippen LogP) is 6.12. The number of ether oxygens (including phenoxy) is 1. The summed E-state index contributed by atoms with van der Waals surface area (Å²) in [6.45, 7) is 4.40. The highest BCUT2D eigenvalue weighted by Crippen LogP contribution is 2.32. The topological polar surface area (TPSA) is 58.6 Å². The molecule has 0 aromatic heterocycles. The molecule has 0 aliphatic rings. The van der Waals surface area contributed by atoms with Crippen LogP contribution in [0.2, 0.25) is 5.02 Å². The maximum Gasteiger partial charge on any atom is 0.411 e. The Labute approximate surface area is 169 Å². The number of phenolic OH excluding ortho intramolecular Hbond substituents is 1. The number of anilines is 1. The van der Waals surface area contributed by atoms with Crippen LogP contribution in [0.3, 0.4) is 0 Å². The highest BCUT2D eigenvalue weighted by atomic mass is 35.5. The fraction of sp³-hybridized carbons (Fsp3) is 0.174. The summed E-state index contributed by atoms with van der Waals surface area (Å²) < 4.78 is 5.23. The van der Waals surface area contributed by atoms with Crippen molar-refractivity contribution in [2.45, 2.75) is 25.9 Å². The Hall–Kier alpha value is -2.98. The summed E-state index contributed by atoms with van der Waals surface area (Å²) in [5.74, 6) is 0.246. The van der Waals surface area contributed by atoms with E-state index in [2.05, 4.69) is 19.2 Å². The minimum absolute atomic E-state index is 0.176. The third-order valence-electron chi connectivity index (χ3n) is 4.73. The number of hydrogen-bond donors (Lipinski definition) is 2. The van der Waals surface area contributed by atoms with E-state index in [0.29, 0.717) is 10.7 Å². The van der Waals surface area contributed by atoms with Gasteiger partial charge in [-0.3, -0.25) is 5.32 Å². The number of amides is 1. The molecule has 0 heterocycles. The number of benzene rings is 3. The molecule has 3 rings (SSSR count). The molecule has 0 unspecified atom stereocenters. The van der Waals surface area contributed by atoms with Crippen molar-refractivity contribution >= 4 is 23.4 Å². The van der Waals surface area contributed by atoms with Crippen LogP contribution in [0.25, 0.3) is 0 Å². The monoisotopic (exact) mass is 395 g/mol. The van der Waals surface area contributed by atoms with Crippen LogP contribution in [-0.4, -0.2) is 11.2 Å². The molecule has 0 radical (unpaired) electrons. The van der Waals surface area contributed by atoms with Gasteiger partial charge in [0, 0.05) is 16.1 Å². The zero-order valence-electron chi connectivity index (χ0n) is 15.8. The fourth-order valence-electron chi connectivity index (χ4n) is 2.90. The van der Waals surface area contributed by atoms with Gasteiger partial charge in [0.25, 0.3) is 0 Å². The third-order valence-corrected chi connectivity index (χ3v) is 4.98. The van der Waals surface area contributed by atoms with E-state index in [1.165, 1.54) is 0 Å². The van der Waals surface area contributed by atoms with Crippen LogP contribution >= 0.6 is 11.6 Å². The molecule has 144 valence electrons. The molecule has 28 heavy (non-hydrogen) atoms. The lowest BCUT2D eigenvalue weighted by Gasteiger charge is -2.26. The van der Waals surface area contributed by atoms with E-state index in [1.54, 1.807) is 24.3 Å². The van der Waals surface area contributed by atoms with Crippen molar-refractivity contribution in [3.63, 3.8) is 0 Å². The lowest BCUT2D eigenvalue weighted by Crippen LogP contribution is -2.19. The fourth-order valence-corrected chi connectivity index (χ4v) is 3.02. The molecule has 0 aliphatic heterocycles. The lowest BCUT2D eigenvalue weighted by atomic mass is 9.78. The average Bonchev–Trinajstić information content (AvgIpc) is 2.68. The first-order chi connectivity index (χ1) is 13.3. The number of aromatic hydroxyl groups is 1. The number of carbonyl (C=O) groups is 1. The maximum absolute atomic E-state index is 12.0. The standard InChI is InChI=1S/C23H22ClNO3/c1-23(2,18-7-13-21(26)14-8-18)17-5-11-20(12-6-17)25-22(27)28-15-16-3-9-19(24)10-4-16/h3-14,26H,15H2,1-2H3,(H,25,27). The van der Waals surface area contributed by atoms with Crippen molar-refractivity contribution in [1.82, 2.24) is 0 Å². The van der Waals surface area contributed by atoms with Gasteiger partial charge in [0.1, 0.15) is 12.4 Å². The van der Waals surface area contributed by atoms with E-state index in [1.807, 2.05) is 48.5 Å². The number of nitrogens with one attached hydrogen (secondary N) is 1. The summed E-state index contributed by atoms with van der Waals surface area (Å²) in [6, 6.07) is 22.0. The molecule has 5 heteroatoms. The van der Waals surface area contributed by atoms with E-state index in [4.69, 9.17) is 16.3 Å². The molecule has 0 atom stereocenters. The maximum atomic E-state index is 12.0. The van der Waals surface area contributed by atoms with Gasteiger partial charge in [-0.05, 0) is 53.1 Å². The molecule has 2 N–H and O–H groups in total. The van der Waals surface area contributed by atoms with Crippen LogP contribution in [0.5, 0.6) is 5.75 Å². The highest BCUT2D eigenvalue weighted by molar-refractivity contribution is 6.30. The first-order valence-corrected chi connectivity index (χ1v) is 9.31. The molecule has 1 amide bonds. The second-order valence-corrected chi connectivity index (χ2v) is 7.51. The van der Waals surface area contributed by atoms with Crippen molar-refractivity contribution in [1.29, 1.82) is 0 Å². The Morgan fingerprint density at radius 2 is 1.46 bits per heavy atom. The molecule has 0 aliphatic carbocycles. The van der Waals surface area contributed by atoms with E-state index in [9.17, 15) is 9.90 Å². The summed E-state index contributed by atoms with van der Waals surface area (Å²) >= 11 is 5.84. The van der Waals surface area contributed by atoms with Gasteiger partial charge in [-0.15, -0.1) is 0 Å². The number of halogens is 1. The van der Waals surface area contributed by atoms with Crippen LogP contribution in [0, 0.1) is 0 Å². The lowest BCUT2D eigenvalue weighted by molar-refractivity contribution is 0.155. The Bertz CT molecular complexity index is 933. The minimum atomic E-state index is -0.513. The zero-order chi connectivity index (χ0) is 20.1. The van der Waals surface area contributed by atoms with Gasteiger partial charge in [-0.1, -0.05) is 61.8 Å². The Morgan fingerprint density at radius 3 is 2.04 bits per heavy atom. The van der Waals surface area contributed by atoms with Gasteiger partial charge < -0.3 is 9.84 Å². The largest absolute Gasteiger partial charge is 0.508 e. The third kappa shape index (κ3) is 4.84. The molecule has 3 aromatic carbocycles. The molecule has 3 aromatic rings. The van der Waals surface area contributed by atoms with Crippen molar-refractivity contribution in [2.24, 2.45) is 0 Å². The quantitative estimate of drug-likeness (QED) is 0.547. The van der Waals surface area contributed by atoms with Crippen molar-refractivity contribution in [3.05, 3.63) is 94.5 Å². The number of carbonyl (C=O) groups excluding carboxylic acids is 1. The van der Waals surface area contributed by atoms with Crippen LogP contribution in [0.1, 0.15) is 30.5 Å². The average molecular weight is 396 g/mol. The zero-order valence-corrected chi connectivity index (χ0v) is 16.5. The summed E-state index contributed by atoms with van der Waals surface area (Å²) in [5.41, 5.74) is 3.48. The molecule has 0 fully saturated rings. The smallest absolute Gasteiger partial charge is 0.411 e. The summed E-state index contributed by atoms with van der Waals surface area (Å²) in [4.78, 5) is 12.0. The summed E-state index contributed by atoms with van der Waals surface area (Å²) in [7, 11) is 0. The van der Waals surface area contributed by atoms with Gasteiger partial charge in [-0.2, -0.15) is 0 Å². The SMILES string of the molecule is CC(C)(c1ccc(O)cc1)c1ccc(NC(=O)OCc2ccc(Cl)cc2)cc1. The molecule has 0 saturated carbocycles. The van der Waals surface area contributed by atoms with Gasteiger partial charge in [0.05, 0.1) is 0 Å². The van der Waals surface area contributed by atoms with Gasteiger partial charge in [0.15, 0.2) is 0 Å². The van der Waals surface area contributed by atoms with Crippen molar-refractivity contribution in [2.75, 3.05) is 5.32 Å². The first-order valence-electron chi connectivity index (χ1n) is 8.93. The van der Waals surface area contributed by atoms with E-state index < -0.39 is 6.09 Å². The van der Waals surface area contributed by atoms with Crippen molar-refractivity contribution in [3.8, 4) is 5.75 Å². The summed E-state index contributed by atoms with van der Waals surface area (Å²) in [6.07, 6.45) is -0.513.